The summed E-state index contributed by atoms with van der Waals surface area (Å²) in [6.07, 6.45) is 0.433. The second-order valence-corrected chi connectivity index (χ2v) is 3.67. The number of benzene rings is 1. The lowest BCUT2D eigenvalue weighted by molar-refractivity contribution is -0.125. The number of hydroxylamine groups is 1. The molecule has 0 unspecified atom stereocenters. The molecule has 4 nitrogen and oxygen atoms in total. The molecule has 6 heteroatoms. The summed E-state index contributed by atoms with van der Waals surface area (Å²) in [5.41, 5.74) is 6.78. The first-order chi connectivity index (χ1) is 6.59. The number of amides is 1. The minimum Gasteiger partial charge on any atom is -0.320 e. The van der Waals surface area contributed by atoms with Gasteiger partial charge in [0.25, 0.3) is 5.91 Å². The number of halogens is 2. The minimum absolute atomic E-state index is 0. The summed E-state index contributed by atoms with van der Waals surface area (Å²) in [5, 5.41) is 10.5. The molecular weight excluding hydrogens is 239 g/mol. The molecule has 1 aliphatic rings. The van der Waals surface area contributed by atoms with Gasteiger partial charge in [-0.15, -0.1) is 12.4 Å². The third-order valence-corrected chi connectivity index (χ3v) is 2.48. The maximum Gasteiger partial charge on any atom is 0.267 e. The highest BCUT2D eigenvalue weighted by Crippen LogP contribution is 2.28. The van der Waals surface area contributed by atoms with Gasteiger partial charge in [-0.2, -0.15) is 5.06 Å². The Balaban J connectivity index is 0.00000112. The molecule has 0 saturated carbocycles. The van der Waals surface area contributed by atoms with Crippen LogP contribution in [0.15, 0.2) is 18.2 Å². The quantitative estimate of drug-likeness (QED) is 0.682. The first kappa shape index (κ1) is 12.3. The van der Waals surface area contributed by atoms with Crippen molar-refractivity contribution in [2.45, 2.75) is 12.5 Å². The third-order valence-electron chi connectivity index (χ3n) is 2.24. The molecule has 2 rings (SSSR count). The number of anilines is 1. The lowest BCUT2D eigenvalue weighted by Crippen LogP contribution is -2.47. The van der Waals surface area contributed by atoms with E-state index in [1.807, 2.05) is 0 Å². The number of nitrogens with zero attached hydrogens (tertiary/aromatic N) is 1. The van der Waals surface area contributed by atoms with Crippen molar-refractivity contribution in [1.29, 1.82) is 0 Å². The smallest absolute Gasteiger partial charge is 0.267 e. The first-order valence-electron chi connectivity index (χ1n) is 4.16. The van der Waals surface area contributed by atoms with Gasteiger partial charge < -0.3 is 5.73 Å². The van der Waals surface area contributed by atoms with Crippen molar-refractivity contribution in [1.82, 2.24) is 0 Å². The predicted molar refractivity (Wildman–Crippen MR) is 59.7 cm³/mol. The fourth-order valence-corrected chi connectivity index (χ4v) is 1.67. The highest BCUT2D eigenvalue weighted by Gasteiger charge is 2.29. The Labute approximate surface area is 98.0 Å². The van der Waals surface area contributed by atoms with E-state index in [9.17, 15) is 10.0 Å². The molecule has 0 fully saturated rings. The molecule has 1 aromatic rings. The maximum atomic E-state index is 11.3. The number of fused-ring (bicyclic) bond motifs is 1. The van der Waals surface area contributed by atoms with E-state index in [0.717, 1.165) is 5.56 Å². The average Bonchev–Trinajstić information content (AvgIpc) is 2.16. The molecule has 82 valence electrons. The van der Waals surface area contributed by atoms with Gasteiger partial charge in [0, 0.05) is 5.02 Å². The molecule has 1 aliphatic heterocycles. The van der Waals surface area contributed by atoms with Crippen LogP contribution >= 0.6 is 24.0 Å². The molecule has 0 aromatic heterocycles. The van der Waals surface area contributed by atoms with E-state index < -0.39 is 11.9 Å². The SMILES string of the molecule is Cl.N[C@H]1Cc2ccc(Cl)cc2N(O)C1=O. The zero-order valence-electron chi connectivity index (χ0n) is 7.68. The Kier molecular flexibility index (Phi) is 3.57. The Morgan fingerprint density at radius 2 is 2.20 bits per heavy atom. The van der Waals surface area contributed by atoms with E-state index in [-0.39, 0.29) is 12.4 Å². The molecule has 3 N–H and O–H groups in total. The van der Waals surface area contributed by atoms with Gasteiger partial charge in [-0.25, -0.2) is 0 Å². The monoisotopic (exact) mass is 248 g/mol. The minimum atomic E-state index is -0.673. The van der Waals surface area contributed by atoms with Gasteiger partial charge in [0.15, 0.2) is 0 Å². The average molecular weight is 249 g/mol. The Bertz CT molecular complexity index is 398. The number of hydrogen-bond donors (Lipinski definition) is 2. The molecule has 1 heterocycles. The van der Waals surface area contributed by atoms with Crippen LogP contribution < -0.4 is 10.8 Å². The number of carbonyl (C=O) groups is 1. The molecule has 0 radical (unpaired) electrons. The standard InChI is InChI=1S/C9H9ClN2O2.ClH/c10-6-2-1-5-3-7(11)9(13)12(14)8(5)4-6;/h1-2,4,7,14H,3,11H2;1H/t7-;/m0./s1. The summed E-state index contributed by atoms with van der Waals surface area (Å²) < 4.78 is 0. The summed E-state index contributed by atoms with van der Waals surface area (Å²) in [7, 11) is 0. The van der Waals surface area contributed by atoms with Crippen LogP contribution in [-0.4, -0.2) is 17.2 Å². The largest absolute Gasteiger partial charge is 0.320 e. The second-order valence-electron chi connectivity index (χ2n) is 3.23. The van der Waals surface area contributed by atoms with E-state index in [4.69, 9.17) is 17.3 Å². The topological polar surface area (TPSA) is 66.6 Å². The molecule has 1 amide bonds. The van der Waals surface area contributed by atoms with Crippen molar-refractivity contribution in [2.24, 2.45) is 5.73 Å². The Hall–Kier alpha value is -0.810. The molecule has 0 saturated heterocycles. The van der Waals surface area contributed by atoms with Gasteiger partial charge in [0.2, 0.25) is 0 Å². The zero-order valence-corrected chi connectivity index (χ0v) is 9.26. The van der Waals surface area contributed by atoms with Gasteiger partial charge in [0.1, 0.15) is 0 Å². The van der Waals surface area contributed by atoms with E-state index in [1.54, 1.807) is 18.2 Å². The van der Waals surface area contributed by atoms with Gasteiger partial charge >= 0.3 is 0 Å². The molecule has 0 spiro atoms. The van der Waals surface area contributed by atoms with Crippen LogP contribution in [0.3, 0.4) is 0 Å². The van der Waals surface area contributed by atoms with Crippen molar-refractivity contribution in [3.63, 3.8) is 0 Å². The van der Waals surface area contributed by atoms with Crippen LogP contribution in [0.25, 0.3) is 0 Å². The molecule has 15 heavy (non-hydrogen) atoms. The fourth-order valence-electron chi connectivity index (χ4n) is 1.51. The molecule has 1 aromatic carbocycles. The van der Waals surface area contributed by atoms with Crippen molar-refractivity contribution in [3.8, 4) is 0 Å². The number of nitrogens with two attached hydrogens (primary N) is 1. The van der Waals surface area contributed by atoms with Crippen LogP contribution in [0, 0.1) is 0 Å². The third kappa shape index (κ3) is 2.08. The Morgan fingerprint density at radius 3 is 2.87 bits per heavy atom. The van der Waals surface area contributed by atoms with Gasteiger partial charge in [-0.05, 0) is 24.1 Å². The lowest BCUT2D eigenvalue weighted by Gasteiger charge is -2.27. The van der Waals surface area contributed by atoms with Crippen LogP contribution in [0.4, 0.5) is 5.69 Å². The van der Waals surface area contributed by atoms with Crippen molar-refractivity contribution >= 4 is 35.6 Å². The molecule has 1 atom stereocenters. The summed E-state index contributed by atoms with van der Waals surface area (Å²) in [5.74, 6) is -0.500. The van der Waals surface area contributed by atoms with E-state index >= 15 is 0 Å². The van der Waals surface area contributed by atoms with E-state index in [1.165, 1.54) is 0 Å². The van der Waals surface area contributed by atoms with Gasteiger partial charge in [-0.3, -0.25) is 10.0 Å². The first-order valence-corrected chi connectivity index (χ1v) is 4.54. The van der Waals surface area contributed by atoms with Crippen molar-refractivity contribution in [2.75, 3.05) is 5.06 Å². The van der Waals surface area contributed by atoms with Crippen LogP contribution in [0.1, 0.15) is 5.56 Å². The van der Waals surface area contributed by atoms with Gasteiger partial charge in [0.05, 0.1) is 11.7 Å². The van der Waals surface area contributed by atoms with Crippen LogP contribution in [0.2, 0.25) is 5.02 Å². The molecule has 0 aliphatic carbocycles. The summed E-state index contributed by atoms with van der Waals surface area (Å²) in [4.78, 5) is 11.3. The maximum absolute atomic E-state index is 11.3. The van der Waals surface area contributed by atoms with Crippen molar-refractivity contribution < 1.29 is 10.0 Å². The van der Waals surface area contributed by atoms with Crippen molar-refractivity contribution in [3.05, 3.63) is 28.8 Å². The number of hydrogen-bond acceptors (Lipinski definition) is 3. The van der Waals surface area contributed by atoms with Gasteiger partial charge in [-0.1, -0.05) is 17.7 Å². The van der Waals surface area contributed by atoms with Crippen LogP contribution in [-0.2, 0) is 11.2 Å². The van der Waals surface area contributed by atoms with Crippen LogP contribution in [0.5, 0.6) is 0 Å². The molecular formula is C9H10Cl2N2O2. The summed E-state index contributed by atoms with van der Waals surface area (Å²) in [6.45, 7) is 0. The highest BCUT2D eigenvalue weighted by atomic mass is 35.5. The Morgan fingerprint density at radius 1 is 1.53 bits per heavy atom. The number of carbonyl (C=O) groups excluding carboxylic acids is 1. The zero-order chi connectivity index (χ0) is 10.3. The van der Waals surface area contributed by atoms with E-state index in [0.29, 0.717) is 22.2 Å². The summed E-state index contributed by atoms with van der Waals surface area (Å²) >= 11 is 5.75. The summed E-state index contributed by atoms with van der Waals surface area (Å²) in [6, 6.07) is 4.33. The lowest BCUT2D eigenvalue weighted by atomic mass is 9.99. The number of rotatable bonds is 0. The highest BCUT2D eigenvalue weighted by molar-refractivity contribution is 6.31. The predicted octanol–water partition coefficient (Wildman–Crippen LogP) is 1.37. The second kappa shape index (κ2) is 4.37. The fraction of sp³-hybridized carbons (Fsp3) is 0.222. The van der Waals surface area contributed by atoms with E-state index in [2.05, 4.69) is 0 Å². The normalized spacial score (nSPS) is 19.5. The molecule has 0 bridgehead atoms.